The molecular formula is C29H38F4O. The molecular weight excluding hydrogens is 440 g/mol. The van der Waals surface area contributed by atoms with Crippen LogP contribution in [0.3, 0.4) is 0 Å². The van der Waals surface area contributed by atoms with E-state index >= 15 is 0 Å². The Balaban J connectivity index is 1.64. The predicted octanol–water partition coefficient (Wildman–Crippen LogP) is 9.72. The van der Waals surface area contributed by atoms with Crippen LogP contribution < -0.4 is 4.74 Å². The zero-order valence-corrected chi connectivity index (χ0v) is 20.6. The fraction of sp³-hybridized carbons (Fsp3) is 0.586. The average molecular weight is 479 g/mol. The molecule has 0 aromatic heterocycles. The third-order valence-corrected chi connectivity index (χ3v) is 7.32. The van der Waals surface area contributed by atoms with E-state index in [1.54, 1.807) is 0 Å². The standard InChI is InChI=1S/C29H38F4O/c1-3-5-6-7-8-9-10-19-34-25-18-17-24(28(32)29(25)33)23-16-15-22(26(30)27(23)31)21-13-11-20(4-2)12-14-21/h15-18,20-21H,3-14,19H2,1-2H3. The number of unbranched alkanes of at least 4 members (excludes halogenated alkanes) is 6. The van der Waals surface area contributed by atoms with Gasteiger partial charge in [-0.25, -0.2) is 13.2 Å². The molecule has 2 aromatic carbocycles. The van der Waals surface area contributed by atoms with E-state index in [0.717, 1.165) is 51.4 Å². The summed E-state index contributed by atoms with van der Waals surface area (Å²) in [4.78, 5) is 0. The molecule has 0 N–H and O–H groups in total. The maximum Gasteiger partial charge on any atom is 0.201 e. The van der Waals surface area contributed by atoms with E-state index in [4.69, 9.17) is 4.74 Å². The number of hydrogen-bond donors (Lipinski definition) is 0. The molecule has 5 heteroatoms. The van der Waals surface area contributed by atoms with Crippen LogP contribution >= 0.6 is 0 Å². The van der Waals surface area contributed by atoms with E-state index in [9.17, 15) is 17.6 Å². The molecule has 0 spiro atoms. The number of hydrogen-bond acceptors (Lipinski definition) is 1. The molecule has 0 aliphatic heterocycles. The molecule has 1 fully saturated rings. The van der Waals surface area contributed by atoms with Gasteiger partial charge in [-0.15, -0.1) is 0 Å². The van der Waals surface area contributed by atoms with Crippen molar-refractivity contribution in [3.8, 4) is 16.9 Å². The molecule has 0 unspecified atom stereocenters. The van der Waals surface area contributed by atoms with Crippen LogP contribution in [0.15, 0.2) is 24.3 Å². The highest BCUT2D eigenvalue weighted by atomic mass is 19.2. The lowest BCUT2D eigenvalue weighted by Gasteiger charge is -2.28. The zero-order chi connectivity index (χ0) is 24.5. The average Bonchev–Trinajstić information content (AvgIpc) is 2.85. The van der Waals surface area contributed by atoms with E-state index < -0.39 is 23.3 Å². The van der Waals surface area contributed by atoms with Crippen molar-refractivity contribution in [1.82, 2.24) is 0 Å². The van der Waals surface area contributed by atoms with Crippen molar-refractivity contribution in [3.63, 3.8) is 0 Å². The Kier molecular flexibility index (Phi) is 10.3. The smallest absolute Gasteiger partial charge is 0.201 e. The van der Waals surface area contributed by atoms with E-state index in [0.29, 0.717) is 18.1 Å². The Hall–Kier alpha value is -2.04. The van der Waals surface area contributed by atoms with Crippen LogP contribution in [-0.4, -0.2) is 6.61 Å². The fourth-order valence-corrected chi connectivity index (χ4v) is 5.06. The summed E-state index contributed by atoms with van der Waals surface area (Å²) in [6, 6.07) is 5.47. The SMILES string of the molecule is CCCCCCCCCOc1ccc(-c2ccc(C3CCC(CC)CC3)c(F)c2F)c(F)c1F. The zero-order valence-electron chi connectivity index (χ0n) is 20.6. The minimum atomic E-state index is -1.22. The van der Waals surface area contributed by atoms with Crippen molar-refractivity contribution >= 4 is 0 Å². The quantitative estimate of drug-likeness (QED) is 0.218. The van der Waals surface area contributed by atoms with Crippen LogP contribution in [0.2, 0.25) is 0 Å². The molecule has 0 atom stereocenters. The first-order valence-corrected chi connectivity index (χ1v) is 13.1. The second kappa shape index (κ2) is 13.2. The number of ether oxygens (including phenoxy) is 1. The van der Waals surface area contributed by atoms with Crippen molar-refractivity contribution in [2.24, 2.45) is 5.92 Å². The summed E-state index contributed by atoms with van der Waals surface area (Å²) in [5.41, 5.74) is -0.219. The summed E-state index contributed by atoms with van der Waals surface area (Å²) in [6.45, 7) is 4.62. The van der Waals surface area contributed by atoms with Crippen LogP contribution in [0.5, 0.6) is 5.75 Å². The maximum atomic E-state index is 15.0. The molecule has 1 nitrogen and oxygen atoms in total. The second-order valence-electron chi connectivity index (χ2n) is 9.67. The monoisotopic (exact) mass is 478 g/mol. The van der Waals surface area contributed by atoms with Crippen molar-refractivity contribution < 1.29 is 22.3 Å². The van der Waals surface area contributed by atoms with Gasteiger partial charge in [-0.3, -0.25) is 0 Å². The van der Waals surface area contributed by atoms with Gasteiger partial charge in [0.25, 0.3) is 0 Å². The van der Waals surface area contributed by atoms with Gasteiger partial charge in [0.1, 0.15) is 0 Å². The van der Waals surface area contributed by atoms with E-state index in [1.807, 2.05) is 0 Å². The first-order chi connectivity index (χ1) is 16.5. The van der Waals surface area contributed by atoms with Gasteiger partial charge in [-0.05, 0) is 61.6 Å². The summed E-state index contributed by atoms with van der Waals surface area (Å²) >= 11 is 0. The normalized spacial score (nSPS) is 18.3. The van der Waals surface area contributed by atoms with Crippen molar-refractivity contribution in [2.45, 2.75) is 96.8 Å². The number of rotatable bonds is 12. The summed E-state index contributed by atoms with van der Waals surface area (Å²) in [5.74, 6) is -4.03. The Morgan fingerprint density at radius 2 is 1.26 bits per heavy atom. The third-order valence-electron chi connectivity index (χ3n) is 7.32. The molecule has 188 valence electrons. The van der Waals surface area contributed by atoms with Crippen molar-refractivity contribution in [2.75, 3.05) is 6.61 Å². The lowest BCUT2D eigenvalue weighted by molar-refractivity contribution is 0.285. The number of halogens is 4. The minimum Gasteiger partial charge on any atom is -0.490 e. The van der Waals surface area contributed by atoms with Crippen molar-refractivity contribution in [1.29, 1.82) is 0 Å². The van der Waals surface area contributed by atoms with Gasteiger partial charge < -0.3 is 4.74 Å². The van der Waals surface area contributed by atoms with E-state index in [-0.39, 0.29) is 22.8 Å². The van der Waals surface area contributed by atoms with Gasteiger partial charge in [0.05, 0.1) is 6.61 Å². The summed E-state index contributed by atoms with van der Waals surface area (Å²) < 4.78 is 64.7. The molecule has 1 aliphatic carbocycles. The van der Waals surface area contributed by atoms with Gasteiger partial charge in [-0.1, -0.05) is 70.9 Å². The molecule has 0 heterocycles. The minimum absolute atomic E-state index is 0.0321. The summed E-state index contributed by atoms with van der Waals surface area (Å²) in [5, 5.41) is 0. The van der Waals surface area contributed by atoms with Gasteiger partial charge >= 0.3 is 0 Å². The Morgan fingerprint density at radius 1 is 0.676 bits per heavy atom. The van der Waals surface area contributed by atoms with Crippen LogP contribution in [0.4, 0.5) is 17.6 Å². The van der Waals surface area contributed by atoms with Gasteiger partial charge in [0, 0.05) is 11.1 Å². The fourth-order valence-electron chi connectivity index (χ4n) is 5.06. The van der Waals surface area contributed by atoms with Crippen LogP contribution in [-0.2, 0) is 0 Å². The highest BCUT2D eigenvalue weighted by molar-refractivity contribution is 5.66. The molecule has 0 saturated heterocycles. The topological polar surface area (TPSA) is 9.23 Å². The Bertz CT molecular complexity index is 919. The third kappa shape index (κ3) is 6.55. The van der Waals surface area contributed by atoms with Gasteiger partial charge in [-0.2, -0.15) is 4.39 Å². The highest BCUT2D eigenvalue weighted by Gasteiger charge is 2.27. The largest absolute Gasteiger partial charge is 0.490 e. The Morgan fingerprint density at radius 3 is 1.91 bits per heavy atom. The highest BCUT2D eigenvalue weighted by Crippen LogP contribution is 2.40. The molecule has 2 aromatic rings. The second-order valence-corrected chi connectivity index (χ2v) is 9.67. The first kappa shape index (κ1) is 26.6. The van der Waals surface area contributed by atoms with Crippen molar-refractivity contribution in [3.05, 3.63) is 53.1 Å². The van der Waals surface area contributed by atoms with Gasteiger partial charge in [0.2, 0.25) is 5.82 Å². The summed E-state index contributed by atoms with van der Waals surface area (Å²) in [6.07, 6.45) is 12.4. The molecule has 0 radical (unpaired) electrons. The maximum absolute atomic E-state index is 15.0. The Labute approximate surface area is 201 Å². The molecule has 0 amide bonds. The first-order valence-electron chi connectivity index (χ1n) is 13.1. The van der Waals surface area contributed by atoms with Crippen LogP contribution in [0.25, 0.3) is 11.1 Å². The van der Waals surface area contributed by atoms with E-state index in [1.165, 1.54) is 49.9 Å². The molecule has 1 aliphatic rings. The molecule has 3 rings (SSSR count). The number of benzene rings is 2. The van der Waals surface area contributed by atoms with E-state index in [2.05, 4.69) is 13.8 Å². The van der Waals surface area contributed by atoms with Crippen LogP contribution in [0, 0.1) is 29.2 Å². The lowest BCUT2D eigenvalue weighted by atomic mass is 9.77. The van der Waals surface area contributed by atoms with Crippen LogP contribution in [0.1, 0.15) is 102 Å². The summed E-state index contributed by atoms with van der Waals surface area (Å²) in [7, 11) is 0. The predicted molar refractivity (Wildman–Crippen MR) is 130 cm³/mol. The molecule has 1 saturated carbocycles. The van der Waals surface area contributed by atoms with Gasteiger partial charge in [0.15, 0.2) is 23.2 Å². The lowest BCUT2D eigenvalue weighted by Crippen LogP contribution is -2.14. The molecule has 34 heavy (non-hydrogen) atoms. The molecule has 0 bridgehead atoms.